The molecule has 0 aromatic rings. The molecule has 118 valence electrons. The Morgan fingerprint density at radius 2 is 1.71 bits per heavy atom. The lowest BCUT2D eigenvalue weighted by molar-refractivity contribution is -0.160. The standard InChI is InChI=1S/C17H27NO3/c1-15(2)10-17(16(3,4)21-15)9-12(19)18-14(20)13(17)11-7-5-6-8-11/h11,13H,5-10H2,1-4H3,(H,18,19,20). The number of carbonyl (C=O) groups excluding carboxylic acids is 2. The van der Waals surface area contributed by atoms with Crippen molar-refractivity contribution in [3.63, 3.8) is 0 Å². The quantitative estimate of drug-likeness (QED) is 0.756. The number of ether oxygens (including phenoxy) is 1. The number of rotatable bonds is 1. The average molecular weight is 293 g/mol. The minimum Gasteiger partial charge on any atom is -0.369 e. The van der Waals surface area contributed by atoms with E-state index in [1.165, 1.54) is 12.8 Å². The predicted molar refractivity (Wildman–Crippen MR) is 79.5 cm³/mol. The first-order valence-electron chi connectivity index (χ1n) is 8.21. The van der Waals surface area contributed by atoms with Gasteiger partial charge < -0.3 is 4.74 Å². The van der Waals surface area contributed by atoms with Crippen LogP contribution in [0.3, 0.4) is 0 Å². The van der Waals surface area contributed by atoms with Crippen molar-refractivity contribution < 1.29 is 14.3 Å². The molecule has 3 fully saturated rings. The Morgan fingerprint density at radius 1 is 1.10 bits per heavy atom. The number of nitrogens with one attached hydrogen (secondary N) is 1. The molecule has 2 heterocycles. The number of imide groups is 1. The number of piperidine rings is 1. The van der Waals surface area contributed by atoms with Gasteiger partial charge in [0, 0.05) is 11.8 Å². The van der Waals surface area contributed by atoms with Crippen molar-refractivity contribution in [1.82, 2.24) is 5.32 Å². The van der Waals surface area contributed by atoms with Gasteiger partial charge in [0.15, 0.2) is 0 Å². The topological polar surface area (TPSA) is 55.4 Å². The van der Waals surface area contributed by atoms with E-state index in [0.29, 0.717) is 12.3 Å². The molecule has 2 atom stereocenters. The Morgan fingerprint density at radius 3 is 2.24 bits per heavy atom. The number of hydrogen-bond acceptors (Lipinski definition) is 3. The van der Waals surface area contributed by atoms with Crippen LogP contribution in [0.4, 0.5) is 0 Å². The fourth-order valence-corrected chi connectivity index (χ4v) is 5.42. The molecular formula is C17H27NO3. The van der Waals surface area contributed by atoms with Crippen LogP contribution in [0, 0.1) is 17.3 Å². The van der Waals surface area contributed by atoms with Crippen LogP contribution >= 0.6 is 0 Å². The molecule has 1 N–H and O–H groups in total. The van der Waals surface area contributed by atoms with E-state index in [9.17, 15) is 9.59 Å². The normalized spacial score (nSPS) is 39.0. The molecule has 1 saturated carbocycles. The Kier molecular flexibility index (Phi) is 3.25. The smallest absolute Gasteiger partial charge is 0.230 e. The summed E-state index contributed by atoms with van der Waals surface area (Å²) in [5.41, 5.74) is -1.08. The number of amides is 2. The largest absolute Gasteiger partial charge is 0.369 e. The summed E-state index contributed by atoms with van der Waals surface area (Å²) in [6.07, 6.45) is 5.80. The highest BCUT2D eigenvalue weighted by molar-refractivity contribution is 6.00. The molecule has 0 aromatic heterocycles. The maximum absolute atomic E-state index is 12.7. The first kappa shape index (κ1) is 15.0. The summed E-state index contributed by atoms with van der Waals surface area (Å²) >= 11 is 0. The summed E-state index contributed by atoms with van der Waals surface area (Å²) in [4.78, 5) is 24.8. The number of carbonyl (C=O) groups is 2. The molecule has 1 spiro atoms. The molecule has 0 radical (unpaired) electrons. The van der Waals surface area contributed by atoms with Gasteiger partial charge in [0.1, 0.15) is 0 Å². The van der Waals surface area contributed by atoms with Gasteiger partial charge in [0.25, 0.3) is 0 Å². The molecule has 3 aliphatic rings. The van der Waals surface area contributed by atoms with E-state index in [-0.39, 0.29) is 28.7 Å². The van der Waals surface area contributed by atoms with Crippen molar-refractivity contribution in [2.45, 2.75) is 77.4 Å². The van der Waals surface area contributed by atoms with Crippen LogP contribution < -0.4 is 5.32 Å². The second kappa shape index (κ2) is 4.55. The maximum atomic E-state index is 12.7. The minimum atomic E-state index is -0.447. The Bertz CT molecular complexity index is 476. The summed E-state index contributed by atoms with van der Waals surface area (Å²) in [7, 11) is 0. The van der Waals surface area contributed by atoms with Crippen molar-refractivity contribution in [3.05, 3.63) is 0 Å². The van der Waals surface area contributed by atoms with Crippen LogP contribution in [-0.2, 0) is 14.3 Å². The summed E-state index contributed by atoms with van der Waals surface area (Å²) in [5, 5.41) is 2.59. The van der Waals surface area contributed by atoms with Gasteiger partial charge >= 0.3 is 0 Å². The third-order valence-electron chi connectivity index (χ3n) is 5.96. The van der Waals surface area contributed by atoms with Gasteiger partial charge in [-0.05, 0) is 52.9 Å². The Labute approximate surface area is 127 Å². The zero-order chi connectivity index (χ0) is 15.5. The molecule has 2 aliphatic heterocycles. The molecule has 0 bridgehead atoms. The highest BCUT2D eigenvalue weighted by atomic mass is 16.5. The Hall–Kier alpha value is -0.900. The monoisotopic (exact) mass is 293 g/mol. The van der Waals surface area contributed by atoms with Crippen molar-refractivity contribution in [2.75, 3.05) is 0 Å². The second-order valence-electron chi connectivity index (χ2n) is 8.32. The third-order valence-corrected chi connectivity index (χ3v) is 5.96. The zero-order valence-corrected chi connectivity index (χ0v) is 13.6. The van der Waals surface area contributed by atoms with E-state index < -0.39 is 5.60 Å². The van der Waals surface area contributed by atoms with Crippen molar-refractivity contribution >= 4 is 11.8 Å². The number of hydrogen-bond donors (Lipinski definition) is 1. The van der Waals surface area contributed by atoms with Gasteiger partial charge in [0.2, 0.25) is 11.8 Å². The van der Waals surface area contributed by atoms with E-state index in [1.807, 2.05) is 0 Å². The van der Waals surface area contributed by atoms with E-state index in [0.717, 1.165) is 19.3 Å². The first-order chi connectivity index (χ1) is 9.67. The van der Waals surface area contributed by atoms with E-state index in [2.05, 4.69) is 33.0 Å². The van der Waals surface area contributed by atoms with Crippen LogP contribution in [0.25, 0.3) is 0 Å². The fraction of sp³-hybridized carbons (Fsp3) is 0.882. The molecule has 2 unspecified atom stereocenters. The minimum absolute atomic E-state index is 0.0625. The SMILES string of the molecule is CC1(C)CC2(CC(=O)NC(=O)C2C2CCCC2)C(C)(C)O1. The van der Waals surface area contributed by atoms with E-state index in [4.69, 9.17) is 4.74 Å². The summed E-state index contributed by atoms with van der Waals surface area (Å²) in [5.74, 6) is 0.112. The van der Waals surface area contributed by atoms with E-state index >= 15 is 0 Å². The molecule has 1 aliphatic carbocycles. The summed E-state index contributed by atoms with van der Waals surface area (Å²) in [6.45, 7) is 8.28. The van der Waals surface area contributed by atoms with Crippen LogP contribution in [-0.4, -0.2) is 23.0 Å². The molecule has 2 amide bonds. The molecule has 21 heavy (non-hydrogen) atoms. The third kappa shape index (κ3) is 2.23. The lowest BCUT2D eigenvalue weighted by Crippen LogP contribution is -2.60. The molecule has 2 saturated heterocycles. The van der Waals surface area contributed by atoms with Gasteiger partial charge in [-0.25, -0.2) is 0 Å². The molecule has 3 rings (SSSR count). The van der Waals surface area contributed by atoms with Gasteiger partial charge in [-0.2, -0.15) is 0 Å². The van der Waals surface area contributed by atoms with E-state index in [1.54, 1.807) is 0 Å². The highest BCUT2D eigenvalue weighted by Crippen LogP contribution is 2.61. The fourth-order valence-electron chi connectivity index (χ4n) is 5.42. The second-order valence-corrected chi connectivity index (χ2v) is 8.32. The van der Waals surface area contributed by atoms with Gasteiger partial charge in [-0.15, -0.1) is 0 Å². The lowest BCUT2D eigenvalue weighted by atomic mass is 9.56. The van der Waals surface area contributed by atoms with Crippen LogP contribution in [0.5, 0.6) is 0 Å². The van der Waals surface area contributed by atoms with Gasteiger partial charge in [-0.1, -0.05) is 12.8 Å². The van der Waals surface area contributed by atoms with Crippen molar-refractivity contribution in [1.29, 1.82) is 0 Å². The summed E-state index contributed by atoms with van der Waals surface area (Å²) in [6, 6.07) is 0. The Balaban J connectivity index is 2.06. The highest BCUT2D eigenvalue weighted by Gasteiger charge is 2.65. The predicted octanol–water partition coefficient (Wildman–Crippen LogP) is 2.80. The average Bonchev–Trinajstić information content (AvgIpc) is 2.83. The molecular weight excluding hydrogens is 266 g/mol. The zero-order valence-electron chi connectivity index (χ0n) is 13.6. The lowest BCUT2D eigenvalue weighted by Gasteiger charge is -2.49. The summed E-state index contributed by atoms with van der Waals surface area (Å²) < 4.78 is 6.28. The van der Waals surface area contributed by atoms with Crippen LogP contribution in [0.1, 0.15) is 66.2 Å². The van der Waals surface area contributed by atoms with Gasteiger partial charge in [-0.3, -0.25) is 14.9 Å². The molecule has 4 nitrogen and oxygen atoms in total. The molecule has 4 heteroatoms. The van der Waals surface area contributed by atoms with Gasteiger partial charge in [0.05, 0.1) is 17.1 Å². The van der Waals surface area contributed by atoms with Crippen molar-refractivity contribution in [3.8, 4) is 0 Å². The van der Waals surface area contributed by atoms with Crippen molar-refractivity contribution in [2.24, 2.45) is 17.3 Å². The maximum Gasteiger partial charge on any atom is 0.230 e. The first-order valence-corrected chi connectivity index (χ1v) is 8.21. The molecule has 0 aromatic carbocycles. The van der Waals surface area contributed by atoms with Crippen LogP contribution in [0.15, 0.2) is 0 Å². The van der Waals surface area contributed by atoms with Crippen LogP contribution in [0.2, 0.25) is 0 Å².